The summed E-state index contributed by atoms with van der Waals surface area (Å²) in [5.41, 5.74) is 1.25. The Labute approximate surface area is 155 Å². The largest absolute Gasteiger partial charge is 0.492 e. The number of ether oxygens (including phenoxy) is 2. The van der Waals surface area contributed by atoms with Crippen molar-refractivity contribution in [1.29, 1.82) is 0 Å². The summed E-state index contributed by atoms with van der Waals surface area (Å²) in [5.74, 6) is -1.23. The number of anilines is 1. The van der Waals surface area contributed by atoms with E-state index in [1.54, 1.807) is 18.2 Å². The number of hydrogen-bond donors (Lipinski definition) is 1. The van der Waals surface area contributed by atoms with E-state index in [-0.39, 0.29) is 6.61 Å². The Morgan fingerprint density at radius 1 is 1.27 bits per heavy atom. The van der Waals surface area contributed by atoms with Crippen molar-refractivity contribution in [2.45, 2.75) is 19.4 Å². The topological polar surface area (TPSA) is 64.6 Å². The summed E-state index contributed by atoms with van der Waals surface area (Å²) in [6.45, 7) is 1.66. The van der Waals surface area contributed by atoms with Crippen molar-refractivity contribution in [3.63, 3.8) is 0 Å². The third-order valence-electron chi connectivity index (χ3n) is 4.04. The van der Waals surface area contributed by atoms with Crippen molar-refractivity contribution in [2.24, 2.45) is 5.92 Å². The SMILES string of the molecule is C[C@H](OC(=O)[C@H]1COc2ccc(Cl)cc2C1)C(=O)Nc1ccc(F)cc1. The lowest BCUT2D eigenvalue weighted by Crippen LogP contribution is -2.36. The van der Waals surface area contributed by atoms with Gasteiger partial charge in [-0.15, -0.1) is 0 Å². The lowest BCUT2D eigenvalue weighted by molar-refractivity contribution is -0.158. The average molecular weight is 378 g/mol. The fourth-order valence-electron chi connectivity index (χ4n) is 2.62. The average Bonchev–Trinajstić information content (AvgIpc) is 2.62. The summed E-state index contributed by atoms with van der Waals surface area (Å²) in [4.78, 5) is 24.5. The van der Waals surface area contributed by atoms with Crippen molar-refractivity contribution in [2.75, 3.05) is 11.9 Å². The molecule has 0 spiro atoms. The predicted octanol–water partition coefficient (Wildman–Crippen LogP) is 3.60. The summed E-state index contributed by atoms with van der Waals surface area (Å²) >= 11 is 5.97. The number of carbonyl (C=O) groups excluding carboxylic acids is 2. The van der Waals surface area contributed by atoms with Gasteiger partial charge < -0.3 is 14.8 Å². The van der Waals surface area contributed by atoms with Crippen molar-refractivity contribution in [3.8, 4) is 5.75 Å². The molecular weight excluding hydrogens is 361 g/mol. The zero-order valence-electron chi connectivity index (χ0n) is 14.0. The van der Waals surface area contributed by atoms with Gasteiger partial charge in [0.15, 0.2) is 6.10 Å². The number of fused-ring (bicyclic) bond motifs is 1. The van der Waals surface area contributed by atoms with Crippen LogP contribution < -0.4 is 10.1 Å². The van der Waals surface area contributed by atoms with Gasteiger partial charge in [0.2, 0.25) is 0 Å². The number of benzene rings is 2. The van der Waals surface area contributed by atoms with Gasteiger partial charge in [-0.3, -0.25) is 9.59 Å². The van der Waals surface area contributed by atoms with Crippen LogP contribution in [0, 0.1) is 11.7 Å². The number of hydrogen-bond acceptors (Lipinski definition) is 4. The number of rotatable bonds is 4. The fraction of sp³-hybridized carbons (Fsp3) is 0.263. The molecule has 5 nitrogen and oxygen atoms in total. The third kappa shape index (κ3) is 4.32. The Morgan fingerprint density at radius 3 is 2.73 bits per heavy atom. The highest BCUT2D eigenvalue weighted by Crippen LogP contribution is 2.30. The van der Waals surface area contributed by atoms with Crippen LogP contribution in [0.1, 0.15) is 12.5 Å². The molecule has 0 radical (unpaired) electrons. The van der Waals surface area contributed by atoms with Gasteiger partial charge in [-0.1, -0.05) is 11.6 Å². The monoisotopic (exact) mass is 377 g/mol. The first-order valence-electron chi connectivity index (χ1n) is 8.10. The first-order chi connectivity index (χ1) is 12.4. The molecule has 1 heterocycles. The van der Waals surface area contributed by atoms with Gasteiger partial charge in [-0.2, -0.15) is 0 Å². The number of carbonyl (C=O) groups is 2. The first-order valence-corrected chi connectivity index (χ1v) is 8.48. The van der Waals surface area contributed by atoms with Gasteiger partial charge in [0, 0.05) is 10.7 Å². The van der Waals surface area contributed by atoms with E-state index in [9.17, 15) is 14.0 Å². The smallest absolute Gasteiger partial charge is 0.313 e. The van der Waals surface area contributed by atoms with E-state index in [1.165, 1.54) is 31.2 Å². The molecule has 1 aliphatic rings. The standard InChI is InChI=1S/C19H17ClFNO4/c1-11(18(23)22-16-5-3-15(21)4-6-16)26-19(24)13-8-12-9-14(20)2-7-17(12)25-10-13/h2-7,9,11,13H,8,10H2,1H3,(H,22,23)/t11-,13+/m0/s1. The number of nitrogens with one attached hydrogen (secondary N) is 1. The lowest BCUT2D eigenvalue weighted by Gasteiger charge is -2.25. The molecule has 26 heavy (non-hydrogen) atoms. The van der Waals surface area contributed by atoms with Crippen molar-refractivity contribution < 1.29 is 23.5 Å². The molecule has 1 amide bonds. The Bertz CT molecular complexity index is 825. The van der Waals surface area contributed by atoms with E-state index in [4.69, 9.17) is 21.1 Å². The molecule has 2 aromatic rings. The van der Waals surface area contributed by atoms with Crippen LogP contribution in [0.15, 0.2) is 42.5 Å². The molecule has 3 rings (SSSR count). The molecule has 136 valence electrons. The fourth-order valence-corrected chi connectivity index (χ4v) is 2.81. The van der Waals surface area contributed by atoms with Gasteiger partial charge in [0.1, 0.15) is 18.2 Å². The molecule has 0 saturated carbocycles. The normalized spacial score (nSPS) is 16.8. The summed E-state index contributed by atoms with van der Waals surface area (Å²) in [6, 6.07) is 10.6. The number of amides is 1. The molecule has 0 aliphatic carbocycles. The second kappa shape index (κ2) is 7.74. The minimum Gasteiger partial charge on any atom is -0.492 e. The summed E-state index contributed by atoms with van der Waals surface area (Å²) in [6.07, 6.45) is -0.561. The summed E-state index contributed by atoms with van der Waals surface area (Å²) in [5, 5.41) is 3.13. The zero-order valence-corrected chi connectivity index (χ0v) is 14.8. The molecule has 2 aromatic carbocycles. The van der Waals surface area contributed by atoms with Gasteiger partial charge in [0.25, 0.3) is 5.91 Å². The summed E-state index contributed by atoms with van der Waals surface area (Å²) < 4.78 is 23.7. The van der Waals surface area contributed by atoms with E-state index >= 15 is 0 Å². The lowest BCUT2D eigenvalue weighted by atomic mass is 9.97. The maximum Gasteiger partial charge on any atom is 0.313 e. The Kier molecular flexibility index (Phi) is 5.42. The number of halogens is 2. The van der Waals surface area contributed by atoms with Crippen LogP contribution in [0.3, 0.4) is 0 Å². The second-order valence-corrected chi connectivity index (χ2v) is 6.48. The van der Waals surface area contributed by atoms with Crippen LogP contribution >= 0.6 is 11.6 Å². The van der Waals surface area contributed by atoms with E-state index in [1.807, 2.05) is 0 Å². The van der Waals surface area contributed by atoms with Crippen LogP contribution in [0.2, 0.25) is 5.02 Å². The van der Waals surface area contributed by atoms with Crippen molar-refractivity contribution in [3.05, 3.63) is 58.9 Å². The molecule has 0 aromatic heterocycles. The molecular formula is C19H17ClFNO4. The van der Waals surface area contributed by atoms with E-state index < -0.39 is 29.7 Å². The summed E-state index contributed by atoms with van der Waals surface area (Å²) in [7, 11) is 0. The van der Waals surface area contributed by atoms with E-state index in [2.05, 4.69) is 5.32 Å². The maximum absolute atomic E-state index is 12.9. The molecule has 0 unspecified atom stereocenters. The Balaban J connectivity index is 1.57. The van der Waals surface area contributed by atoms with E-state index in [0.29, 0.717) is 22.9 Å². The van der Waals surface area contributed by atoms with E-state index in [0.717, 1.165) is 5.56 Å². The van der Waals surface area contributed by atoms with Gasteiger partial charge >= 0.3 is 5.97 Å². The van der Waals surface area contributed by atoms with Gasteiger partial charge in [0.05, 0.1) is 5.92 Å². The van der Waals surface area contributed by atoms with Crippen molar-refractivity contribution >= 4 is 29.2 Å². The third-order valence-corrected chi connectivity index (χ3v) is 4.27. The second-order valence-electron chi connectivity index (χ2n) is 6.04. The zero-order chi connectivity index (χ0) is 18.7. The predicted molar refractivity (Wildman–Crippen MR) is 94.7 cm³/mol. The maximum atomic E-state index is 12.9. The Hall–Kier alpha value is -2.60. The molecule has 0 bridgehead atoms. The highest BCUT2D eigenvalue weighted by Gasteiger charge is 2.30. The van der Waals surface area contributed by atoms with Crippen LogP contribution in [0.4, 0.5) is 10.1 Å². The highest BCUT2D eigenvalue weighted by molar-refractivity contribution is 6.30. The van der Waals surface area contributed by atoms with Crippen molar-refractivity contribution in [1.82, 2.24) is 0 Å². The number of esters is 1. The molecule has 1 aliphatic heterocycles. The highest BCUT2D eigenvalue weighted by atomic mass is 35.5. The minimum absolute atomic E-state index is 0.180. The molecule has 7 heteroatoms. The Morgan fingerprint density at radius 2 is 2.00 bits per heavy atom. The quantitative estimate of drug-likeness (QED) is 0.827. The molecule has 1 N–H and O–H groups in total. The minimum atomic E-state index is -0.992. The van der Waals surface area contributed by atoms with Crippen LogP contribution in [-0.2, 0) is 20.7 Å². The molecule has 0 fully saturated rings. The first kappa shape index (κ1) is 18.2. The molecule has 0 saturated heterocycles. The van der Waals surface area contributed by atoms with Crippen LogP contribution in [0.5, 0.6) is 5.75 Å². The van der Waals surface area contributed by atoms with Crippen LogP contribution in [0.25, 0.3) is 0 Å². The van der Waals surface area contributed by atoms with Crippen LogP contribution in [-0.4, -0.2) is 24.6 Å². The van der Waals surface area contributed by atoms with Gasteiger partial charge in [-0.05, 0) is 61.4 Å². The molecule has 2 atom stereocenters. The van der Waals surface area contributed by atoms with Gasteiger partial charge in [-0.25, -0.2) is 4.39 Å².